The van der Waals surface area contributed by atoms with Crippen molar-refractivity contribution in [2.24, 2.45) is 28.6 Å². The van der Waals surface area contributed by atoms with E-state index in [1.807, 2.05) is 51.1 Å². The Kier molecular flexibility index (Phi) is 12.4. The summed E-state index contributed by atoms with van der Waals surface area (Å²) in [6.45, 7) is 11.9. The Morgan fingerprint density at radius 2 is 1.73 bits per heavy atom. The van der Waals surface area contributed by atoms with Gasteiger partial charge in [-0.15, -0.1) is 0 Å². The van der Waals surface area contributed by atoms with Gasteiger partial charge >= 0.3 is 0 Å². The van der Waals surface area contributed by atoms with E-state index in [2.05, 4.69) is 27.5 Å². The number of hydrogen-bond donors (Lipinski definition) is 5. The number of alkyl halides is 1. The highest BCUT2D eigenvalue weighted by Crippen LogP contribution is 2.72. The molecular weight excluding hydrogens is 850 g/mol. The number of pyridine rings is 1. The monoisotopic (exact) mass is 907 g/mol. The van der Waals surface area contributed by atoms with Gasteiger partial charge in [0.05, 0.1) is 18.2 Å². The standard InChI is InChI=1S/C50H58FN5O10/c1-27-17-19-47(5)33(21-27)10-13-35-36-23-40-50(39(60)26-57,48(36,6)24-38(59)49(35,47)51)66-46(65-40)32-9-14-41(52-25-32)53-29(3)31-7-11-34(12-8-31)55-45(64)28(2)22-37(58)30(4)54-42(61)18-20-56-43(62)15-16-44(56)63/h7-9,11-12,14-17,19,21,25,28-30,35-36,38,40,46,57,59H,1,10,13,18,20,22-24,26H2,2-6H3,(H,52,53)(H,54,61)(H,55,64)/t28-,29+,30+,35+,36+,38+,40-,46-,47+,48+,49+,50-/m1/s1. The highest BCUT2D eigenvalue weighted by molar-refractivity contribution is 6.13. The van der Waals surface area contributed by atoms with Crippen LogP contribution in [0.3, 0.4) is 0 Å². The maximum Gasteiger partial charge on any atom is 0.253 e. The maximum absolute atomic E-state index is 17.8. The zero-order chi connectivity index (χ0) is 47.5. The second-order valence-electron chi connectivity index (χ2n) is 19.3. The number of hydrogen-bond acceptors (Lipinski definition) is 12. The van der Waals surface area contributed by atoms with Gasteiger partial charge in [0.1, 0.15) is 12.4 Å². The van der Waals surface area contributed by atoms with Gasteiger partial charge in [-0.2, -0.15) is 0 Å². The van der Waals surface area contributed by atoms with E-state index >= 15 is 4.39 Å². The lowest BCUT2D eigenvalue weighted by atomic mass is 9.44. The second-order valence-corrected chi connectivity index (χ2v) is 19.3. The van der Waals surface area contributed by atoms with Gasteiger partial charge in [-0.05, 0) is 87.8 Å². The highest BCUT2D eigenvalue weighted by atomic mass is 19.1. The van der Waals surface area contributed by atoms with Crippen LogP contribution in [-0.4, -0.2) is 98.0 Å². The van der Waals surface area contributed by atoms with Crippen molar-refractivity contribution in [3.05, 3.63) is 102 Å². The summed E-state index contributed by atoms with van der Waals surface area (Å²) >= 11 is 0. The van der Waals surface area contributed by atoms with Crippen LogP contribution < -0.4 is 16.0 Å². The molecule has 1 saturated heterocycles. The number of amides is 4. The van der Waals surface area contributed by atoms with Crippen LogP contribution in [0.2, 0.25) is 0 Å². The number of rotatable bonds is 15. The molecule has 5 N–H and O–H groups in total. The lowest BCUT2D eigenvalue weighted by Crippen LogP contribution is -2.69. The van der Waals surface area contributed by atoms with Crippen molar-refractivity contribution in [1.82, 2.24) is 15.2 Å². The highest BCUT2D eigenvalue weighted by Gasteiger charge is 2.79. The topological polar surface area (TPSA) is 214 Å². The van der Waals surface area contributed by atoms with E-state index < -0.39 is 88.6 Å². The fraction of sp³-hybridized carbons (Fsp3) is 0.500. The molecule has 0 bridgehead atoms. The molecule has 0 spiro atoms. The van der Waals surface area contributed by atoms with Crippen molar-refractivity contribution in [3.63, 3.8) is 0 Å². The summed E-state index contributed by atoms with van der Waals surface area (Å²) in [5.74, 6) is -3.86. The number of ether oxygens (including phenoxy) is 2. The van der Waals surface area contributed by atoms with E-state index in [1.165, 1.54) is 6.92 Å². The normalized spacial score (nSPS) is 33.2. The van der Waals surface area contributed by atoms with Crippen molar-refractivity contribution in [2.75, 3.05) is 23.8 Å². The molecule has 66 heavy (non-hydrogen) atoms. The van der Waals surface area contributed by atoms with Crippen LogP contribution in [0.4, 0.5) is 15.9 Å². The van der Waals surface area contributed by atoms with E-state index in [0.717, 1.165) is 33.8 Å². The van der Waals surface area contributed by atoms with Crippen LogP contribution in [0.25, 0.3) is 0 Å². The van der Waals surface area contributed by atoms with Crippen LogP contribution in [-0.2, 0) is 38.2 Å². The molecule has 0 radical (unpaired) electrons. The number of aliphatic hydroxyl groups is 2. The Labute approximate surface area is 383 Å². The van der Waals surface area contributed by atoms with E-state index in [1.54, 1.807) is 37.4 Å². The molecule has 4 amide bonds. The molecule has 2 aliphatic heterocycles. The SMILES string of the molecule is C=C1C=C[C@@]2(C)C(=C1)CC[C@H]1[C@@H]3C[C@H]4O[C@@H](c5ccc(N[C@@H](C)c6ccc(NC(=O)[C@H](C)CC(=O)[C@H](C)NC(=O)CCN7C(=O)C=CC7=O)cc6)nc5)O[C@@]4(C(=O)CO)[C@@]3(C)C[C@H](O)[C@@]12F. The van der Waals surface area contributed by atoms with Crippen LogP contribution >= 0.6 is 0 Å². The summed E-state index contributed by atoms with van der Waals surface area (Å²) in [6, 6.07) is 9.65. The largest absolute Gasteiger partial charge is 0.390 e. The van der Waals surface area contributed by atoms with Gasteiger partial charge in [-0.1, -0.05) is 56.4 Å². The Balaban J connectivity index is 0.850. The molecule has 1 aromatic carbocycles. The maximum atomic E-state index is 17.8. The third-order valence-electron chi connectivity index (χ3n) is 15.4. The molecule has 2 aromatic rings. The van der Waals surface area contributed by atoms with Crippen LogP contribution in [0, 0.1) is 28.6 Å². The summed E-state index contributed by atoms with van der Waals surface area (Å²) in [6.07, 6.45) is 7.37. The van der Waals surface area contributed by atoms with Gasteiger partial charge in [0, 0.05) is 77.7 Å². The zero-order valence-corrected chi connectivity index (χ0v) is 37.8. The molecule has 12 atom stereocenters. The number of nitrogens with one attached hydrogen (secondary N) is 3. The number of ketones is 2. The molecule has 1 aromatic heterocycles. The number of allylic oxidation sites excluding steroid dienone is 5. The predicted molar refractivity (Wildman–Crippen MR) is 240 cm³/mol. The van der Waals surface area contributed by atoms with Crippen molar-refractivity contribution < 1.29 is 52.8 Å². The second kappa shape index (κ2) is 17.5. The van der Waals surface area contributed by atoms with Gasteiger partial charge in [0.25, 0.3) is 11.8 Å². The number of carbonyl (C=O) groups is 6. The van der Waals surface area contributed by atoms with Crippen LogP contribution in [0.5, 0.6) is 0 Å². The first-order valence-electron chi connectivity index (χ1n) is 22.7. The Morgan fingerprint density at radius 3 is 2.39 bits per heavy atom. The number of halogens is 1. The van der Waals surface area contributed by atoms with Crippen LogP contribution in [0.1, 0.15) is 96.6 Å². The van der Waals surface area contributed by atoms with E-state index in [9.17, 15) is 39.0 Å². The summed E-state index contributed by atoms with van der Waals surface area (Å²) in [5, 5.41) is 31.0. The Morgan fingerprint density at radius 1 is 1.02 bits per heavy atom. The minimum Gasteiger partial charge on any atom is -0.390 e. The zero-order valence-electron chi connectivity index (χ0n) is 37.8. The molecular formula is C50H58FN5O10. The number of Topliss-reactive ketones (excluding diaryl/α,β-unsaturated/α-hetero) is 2. The summed E-state index contributed by atoms with van der Waals surface area (Å²) in [5.41, 5.74) is -2.01. The number of nitrogens with zero attached hydrogens (tertiary/aromatic N) is 2. The van der Waals surface area contributed by atoms with Crippen molar-refractivity contribution in [1.29, 1.82) is 0 Å². The van der Waals surface area contributed by atoms with Gasteiger partial charge in [-0.25, -0.2) is 9.37 Å². The number of fused-ring (bicyclic) bond motifs is 7. The number of benzene rings is 1. The van der Waals surface area contributed by atoms with Gasteiger partial charge in [0.2, 0.25) is 11.8 Å². The molecule has 3 saturated carbocycles. The molecule has 350 valence electrons. The lowest BCUT2D eigenvalue weighted by molar-refractivity contribution is -0.231. The minimum absolute atomic E-state index is 0.0498. The first-order valence-corrected chi connectivity index (χ1v) is 22.7. The number of anilines is 2. The predicted octanol–water partition coefficient (Wildman–Crippen LogP) is 5.29. The van der Waals surface area contributed by atoms with Crippen molar-refractivity contribution in [3.8, 4) is 0 Å². The van der Waals surface area contributed by atoms with E-state index in [-0.39, 0.29) is 49.5 Å². The quantitative estimate of drug-likeness (QED) is 0.144. The third kappa shape index (κ3) is 7.74. The number of aromatic nitrogens is 1. The molecule has 6 aliphatic rings. The molecule has 0 unspecified atom stereocenters. The van der Waals surface area contributed by atoms with Crippen molar-refractivity contribution in [2.45, 2.75) is 115 Å². The smallest absolute Gasteiger partial charge is 0.253 e. The van der Waals surface area contributed by atoms with E-state index in [0.29, 0.717) is 36.3 Å². The Hall–Kier alpha value is -5.68. The average molecular weight is 908 g/mol. The van der Waals surface area contributed by atoms with Gasteiger partial charge < -0.3 is 35.6 Å². The van der Waals surface area contributed by atoms with Gasteiger partial charge in [-0.3, -0.25) is 33.7 Å². The van der Waals surface area contributed by atoms with Gasteiger partial charge in [0.15, 0.2) is 29.1 Å². The summed E-state index contributed by atoms with van der Waals surface area (Å²) < 4.78 is 31.0. The fourth-order valence-corrected chi connectivity index (χ4v) is 11.7. The molecule has 8 rings (SSSR count). The Bertz CT molecular complexity index is 2420. The molecule has 15 nitrogen and oxygen atoms in total. The van der Waals surface area contributed by atoms with E-state index in [4.69, 9.17) is 9.47 Å². The summed E-state index contributed by atoms with van der Waals surface area (Å²) in [7, 11) is 0. The molecule has 3 heterocycles. The number of imide groups is 1. The van der Waals surface area contributed by atoms with Crippen LogP contribution in [0.15, 0.2) is 90.7 Å². The number of carbonyl (C=O) groups excluding carboxylic acids is 6. The molecule has 4 aliphatic carbocycles. The minimum atomic E-state index is -1.99. The summed E-state index contributed by atoms with van der Waals surface area (Å²) in [4.78, 5) is 81.1. The molecule has 4 fully saturated rings. The van der Waals surface area contributed by atoms with Crippen molar-refractivity contribution >= 4 is 46.7 Å². The first kappa shape index (κ1) is 46.8. The lowest BCUT2D eigenvalue weighted by Gasteiger charge is -2.62. The fourth-order valence-electron chi connectivity index (χ4n) is 11.7. The average Bonchev–Trinajstić information content (AvgIpc) is 3.91. The first-order chi connectivity index (χ1) is 31.2. The third-order valence-corrected chi connectivity index (χ3v) is 15.4. The number of aliphatic hydroxyl groups excluding tert-OH is 2. The molecule has 16 heteroatoms.